The molecule has 2 aromatic carbocycles. The number of rotatable bonds is 8. The maximum absolute atomic E-state index is 12.8. The highest BCUT2D eigenvalue weighted by Gasteiger charge is 2.25. The molecule has 0 bridgehead atoms. The lowest BCUT2D eigenvalue weighted by Gasteiger charge is -2.22. The third-order valence-electron chi connectivity index (χ3n) is 4.52. The predicted molar refractivity (Wildman–Crippen MR) is 112 cm³/mol. The molecular weight excluding hydrogens is 350 g/mol. The van der Waals surface area contributed by atoms with E-state index in [1.807, 2.05) is 64.1 Å². The second-order valence-corrected chi connectivity index (χ2v) is 8.04. The van der Waals surface area contributed by atoms with Crippen LogP contribution in [0, 0.1) is 23.2 Å². The highest BCUT2D eigenvalue weighted by molar-refractivity contribution is 6.00. The van der Waals surface area contributed by atoms with Crippen molar-refractivity contribution in [3.05, 3.63) is 48.0 Å². The van der Waals surface area contributed by atoms with Crippen LogP contribution in [0.4, 0.5) is 0 Å². The molecule has 5 heteroatoms. The first-order chi connectivity index (χ1) is 13.3. The minimum atomic E-state index is -0.679. The monoisotopic (exact) mass is 379 g/mol. The quantitative estimate of drug-likeness (QED) is 0.726. The zero-order chi connectivity index (χ0) is 20.7. The summed E-state index contributed by atoms with van der Waals surface area (Å²) >= 11 is 0. The van der Waals surface area contributed by atoms with E-state index in [4.69, 9.17) is 0 Å². The largest absolute Gasteiger partial charge is 0.340 e. The van der Waals surface area contributed by atoms with Gasteiger partial charge >= 0.3 is 0 Å². The fourth-order valence-electron chi connectivity index (χ4n) is 3.16. The van der Waals surface area contributed by atoms with Crippen LogP contribution in [0.25, 0.3) is 10.8 Å². The lowest BCUT2D eigenvalue weighted by molar-refractivity contribution is -0.123. The van der Waals surface area contributed by atoms with Crippen molar-refractivity contribution in [3.63, 3.8) is 0 Å². The molecule has 0 heterocycles. The van der Waals surface area contributed by atoms with Crippen LogP contribution < -0.4 is 10.6 Å². The van der Waals surface area contributed by atoms with Gasteiger partial charge in [-0.15, -0.1) is 0 Å². The predicted octanol–water partition coefficient (Wildman–Crippen LogP) is 4.04. The van der Waals surface area contributed by atoms with Crippen molar-refractivity contribution in [2.45, 2.75) is 52.6 Å². The summed E-state index contributed by atoms with van der Waals surface area (Å²) in [6.45, 7) is 8.00. The molecule has 0 radical (unpaired) electrons. The molecule has 0 aromatic heterocycles. The van der Waals surface area contributed by atoms with E-state index in [2.05, 4.69) is 16.7 Å². The summed E-state index contributed by atoms with van der Waals surface area (Å²) < 4.78 is 0. The molecule has 2 N–H and O–H groups in total. The normalized spacial score (nSPS) is 13.2. The Morgan fingerprint density at radius 3 is 2.18 bits per heavy atom. The number of nitrogens with zero attached hydrogens (tertiary/aromatic N) is 1. The van der Waals surface area contributed by atoms with Gasteiger partial charge in [-0.2, -0.15) is 5.26 Å². The molecule has 5 nitrogen and oxygen atoms in total. The van der Waals surface area contributed by atoms with Crippen molar-refractivity contribution >= 4 is 22.6 Å². The minimum absolute atomic E-state index is 0.221. The lowest BCUT2D eigenvalue weighted by atomic mass is 10.0. The zero-order valence-corrected chi connectivity index (χ0v) is 17.0. The van der Waals surface area contributed by atoms with E-state index in [1.54, 1.807) is 6.07 Å². The van der Waals surface area contributed by atoms with Gasteiger partial charge in [0, 0.05) is 5.56 Å². The van der Waals surface area contributed by atoms with Gasteiger partial charge in [0.2, 0.25) is 5.91 Å². The van der Waals surface area contributed by atoms with Crippen LogP contribution in [0.1, 0.15) is 50.9 Å². The Morgan fingerprint density at radius 1 is 0.929 bits per heavy atom. The molecule has 2 aromatic rings. The van der Waals surface area contributed by atoms with Crippen molar-refractivity contribution in [2.75, 3.05) is 0 Å². The number of benzene rings is 2. The van der Waals surface area contributed by atoms with Crippen molar-refractivity contribution < 1.29 is 9.59 Å². The molecule has 2 unspecified atom stereocenters. The summed E-state index contributed by atoms with van der Waals surface area (Å²) in [5.41, 5.74) is 0.513. The van der Waals surface area contributed by atoms with Gasteiger partial charge in [0.25, 0.3) is 5.91 Å². The minimum Gasteiger partial charge on any atom is -0.340 e. The van der Waals surface area contributed by atoms with Crippen LogP contribution in [-0.4, -0.2) is 23.9 Å². The van der Waals surface area contributed by atoms with E-state index >= 15 is 0 Å². The fourth-order valence-corrected chi connectivity index (χ4v) is 3.16. The van der Waals surface area contributed by atoms with Gasteiger partial charge in [-0.3, -0.25) is 9.59 Å². The van der Waals surface area contributed by atoms with Crippen LogP contribution in [0.15, 0.2) is 42.5 Å². The first kappa shape index (κ1) is 21.4. The Labute approximate surface area is 167 Å². The van der Waals surface area contributed by atoms with Crippen LogP contribution in [0.5, 0.6) is 0 Å². The number of nitrogens with one attached hydrogen (secondary N) is 2. The molecule has 28 heavy (non-hydrogen) atoms. The number of amides is 2. The first-order valence-electron chi connectivity index (χ1n) is 9.79. The molecule has 0 aliphatic rings. The third kappa shape index (κ3) is 6.09. The van der Waals surface area contributed by atoms with Crippen LogP contribution in [0.2, 0.25) is 0 Å². The number of hydrogen-bond acceptors (Lipinski definition) is 3. The van der Waals surface area contributed by atoms with Gasteiger partial charge in [-0.1, -0.05) is 58.0 Å². The van der Waals surface area contributed by atoms with E-state index in [-0.39, 0.29) is 17.7 Å². The number of fused-ring (bicyclic) bond motifs is 1. The molecule has 0 fully saturated rings. The van der Waals surface area contributed by atoms with Gasteiger partial charge in [0.15, 0.2) is 0 Å². The second kappa shape index (κ2) is 9.89. The Kier molecular flexibility index (Phi) is 7.57. The SMILES string of the molecule is CC(C)CC(C#N)NC(=O)C(CC(C)C)NC(=O)c1ccc2ccccc2c1. The van der Waals surface area contributed by atoms with Gasteiger partial charge < -0.3 is 10.6 Å². The summed E-state index contributed by atoms with van der Waals surface area (Å²) in [5, 5.41) is 17.0. The molecule has 0 aliphatic heterocycles. The lowest BCUT2D eigenvalue weighted by Crippen LogP contribution is -2.50. The molecule has 0 saturated carbocycles. The van der Waals surface area contributed by atoms with Crippen LogP contribution >= 0.6 is 0 Å². The summed E-state index contributed by atoms with van der Waals surface area (Å²) in [4.78, 5) is 25.5. The molecule has 148 valence electrons. The summed E-state index contributed by atoms with van der Waals surface area (Å²) in [5.74, 6) is -0.0852. The number of hydrogen-bond donors (Lipinski definition) is 2. The highest BCUT2D eigenvalue weighted by Crippen LogP contribution is 2.16. The van der Waals surface area contributed by atoms with E-state index in [0.717, 1.165) is 10.8 Å². The smallest absolute Gasteiger partial charge is 0.251 e. The summed E-state index contributed by atoms with van der Waals surface area (Å²) in [7, 11) is 0. The van der Waals surface area contributed by atoms with E-state index in [9.17, 15) is 14.9 Å². The standard InChI is InChI=1S/C23H29N3O2/c1-15(2)11-20(14-24)25-23(28)21(12-16(3)4)26-22(27)19-10-9-17-7-5-6-8-18(17)13-19/h5-10,13,15-16,20-21H,11-12H2,1-4H3,(H,25,28)(H,26,27). The Hall–Kier alpha value is -2.87. The van der Waals surface area contributed by atoms with Gasteiger partial charge in [-0.05, 0) is 47.6 Å². The maximum Gasteiger partial charge on any atom is 0.251 e. The van der Waals surface area contributed by atoms with Gasteiger partial charge in [-0.25, -0.2) is 0 Å². The molecule has 2 rings (SSSR count). The molecule has 2 atom stereocenters. The molecule has 0 spiro atoms. The number of nitriles is 1. The molecule has 0 aliphatic carbocycles. The van der Waals surface area contributed by atoms with E-state index < -0.39 is 12.1 Å². The first-order valence-corrected chi connectivity index (χ1v) is 9.79. The molecular formula is C23H29N3O2. The van der Waals surface area contributed by atoms with Gasteiger partial charge in [0.1, 0.15) is 12.1 Å². The third-order valence-corrected chi connectivity index (χ3v) is 4.52. The average molecular weight is 380 g/mol. The fraction of sp³-hybridized carbons (Fsp3) is 0.435. The number of carbonyl (C=O) groups excluding carboxylic acids is 2. The maximum atomic E-state index is 12.8. The highest BCUT2D eigenvalue weighted by atomic mass is 16.2. The second-order valence-electron chi connectivity index (χ2n) is 8.04. The van der Waals surface area contributed by atoms with Crippen LogP contribution in [-0.2, 0) is 4.79 Å². The Bertz CT molecular complexity index is 868. The Balaban J connectivity index is 2.14. The summed E-state index contributed by atoms with van der Waals surface area (Å²) in [6, 6.07) is 14.2. The van der Waals surface area contributed by atoms with Crippen LogP contribution in [0.3, 0.4) is 0 Å². The van der Waals surface area contributed by atoms with E-state index in [1.165, 1.54) is 0 Å². The topological polar surface area (TPSA) is 82.0 Å². The van der Waals surface area contributed by atoms with Crippen molar-refractivity contribution in [1.82, 2.24) is 10.6 Å². The van der Waals surface area contributed by atoms with E-state index in [0.29, 0.717) is 24.3 Å². The van der Waals surface area contributed by atoms with Crippen molar-refractivity contribution in [1.29, 1.82) is 5.26 Å². The molecule has 2 amide bonds. The van der Waals surface area contributed by atoms with Crippen molar-refractivity contribution in [3.8, 4) is 6.07 Å². The summed E-state index contributed by atoms with van der Waals surface area (Å²) in [6.07, 6.45) is 1.08. The zero-order valence-electron chi connectivity index (χ0n) is 17.0. The Morgan fingerprint density at radius 2 is 1.57 bits per heavy atom. The molecule has 0 saturated heterocycles. The van der Waals surface area contributed by atoms with Gasteiger partial charge in [0.05, 0.1) is 6.07 Å². The average Bonchev–Trinajstić information content (AvgIpc) is 2.65. The van der Waals surface area contributed by atoms with Crippen molar-refractivity contribution in [2.24, 2.45) is 11.8 Å². The number of carbonyl (C=O) groups is 2.